The molecular weight excluding hydrogens is 285 g/mol. The molecule has 0 amide bonds. The summed E-state index contributed by atoms with van der Waals surface area (Å²) in [4.78, 5) is 8.85. The Morgan fingerprint density at radius 1 is 1.19 bits per heavy atom. The Balaban J connectivity index is 1.71. The highest BCUT2D eigenvalue weighted by atomic mass is 32.1. The van der Waals surface area contributed by atoms with Gasteiger partial charge in [-0.1, -0.05) is 6.07 Å². The van der Waals surface area contributed by atoms with E-state index < -0.39 is 0 Å². The van der Waals surface area contributed by atoms with Gasteiger partial charge in [0, 0.05) is 17.1 Å². The lowest BCUT2D eigenvalue weighted by Gasteiger charge is -2.04. The van der Waals surface area contributed by atoms with Crippen molar-refractivity contribution >= 4 is 16.5 Å². The monoisotopic (exact) mass is 299 g/mol. The van der Waals surface area contributed by atoms with Crippen molar-refractivity contribution in [3.63, 3.8) is 0 Å². The van der Waals surface area contributed by atoms with E-state index in [4.69, 9.17) is 0 Å². The van der Waals surface area contributed by atoms with Gasteiger partial charge in [0.05, 0.1) is 17.9 Å². The normalized spacial score (nSPS) is 10.6. The molecule has 3 aromatic rings. The van der Waals surface area contributed by atoms with Crippen LogP contribution in [0, 0.1) is 12.7 Å². The first-order chi connectivity index (χ1) is 10.2. The lowest BCUT2D eigenvalue weighted by Crippen LogP contribution is -2.03. The van der Waals surface area contributed by atoms with E-state index >= 15 is 0 Å². The average Bonchev–Trinajstić information content (AvgIpc) is 2.96. The first kappa shape index (κ1) is 13.7. The second kappa shape index (κ2) is 6.01. The van der Waals surface area contributed by atoms with Crippen LogP contribution in [0.15, 0.2) is 48.0 Å². The smallest absolute Gasteiger partial charge is 0.183 e. The van der Waals surface area contributed by atoms with Gasteiger partial charge in [0.1, 0.15) is 5.82 Å². The molecule has 1 aromatic carbocycles. The van der Waals surface area contributed by atoms with Crippen LogP contribution in [-0.2, 0) is 6.54 Å². The number of nitrogens with zero attached hydrogens (tertiary/aromatic N) is 2. The molecule has 3 nitrogen and oxygen atoms in total. The number of aryl methyl sites for hydroxylation is 1. The summed E-state index contributed by atoms with van der Waals surface area (Å²) in [6.45, 7) is 2.68. The van der Waals surface area contributed by atoms with E-state index in [2.05, 4.69) is 15.3 Å². The number of halogens is 1. The van der Waals surface area contributed by atoms with Gasteiger partial charge in [-0.15, -0.1) is 11.3 Å². The molecule has 21 heavy (non-hydrogen) atoms. The molecule has 5 heteroatoms. The second-order valence-electron chi connectivity index (χ2n) is 4.67. The zero-order chi connectivity index (χ0) is 14.7. The molecule has 0 bridgehead atoms. The number of pyridine rings is 1. The van der Waals surface area contributed by atoms with Crippen molar-refractivity contribution in [3.05, 3.63) is 65.0 Å². The quantitative estimate of drug-likeness (QED) is 0.782. The van der Waals surface area contributed by atoms with Crippen molar-refractivity contribution in [1.29, 1.82) is 0 Å². The van der Waals surface area contributed by atoms with Gasteiger partial charge in [-0.2, -0.15) is 0 Å². The molecule has 0 saturated carbocycles. The summed E-state index contributed by atoms with van der Waals surface area (Å²) in [7, 11) is 0. The summed E-state index contributed by atoms with van der Waals surface area (Å²) in [6.07, 6.45) is 1.79. The average molecular weight is 299 g/mol. The van der Waals surface area contributed by atoms with E-state index in [9.17, 15) is 4.39 Å². The maximum atomic E-state index is 12.9. The van der Waals surface area contributed by atoms with Crippen molar-refractivity contribution in [2.24, 2.45) is 0 Å². The van der Waals surface area contributed by atoms with Crippen LogP contribution in [0.2, 0.25) is 0 Å². The van der Waals surface area contributed by atoms with Gasteiger partial charge in [-0.3, -0.25) is 4.98 Å². The molecule has 3 rings (SSSR count). The number of benzene rings is 1. The van der Waals surface area contributed by atoms with Crippen LogP contribution >= 0.6 is 11.3 Å². The second-order valence-corrected chi connectivity index (χ2v) is 5.52. The van der Waals surface area contributed by atoms with Gasteiger partial charge >= 0.3 is 0 Å². The number of aromatic nitrogens is 2. The van der Waals surface area contributed by atoms with Crippen LogP contribution in [0.3, 0.4) is 0 Å². The molecular formula is C16H14FN3S. The minimum atomic E-state index is -0.238. The Kier molecular flexibility index (Phi) is 3.92. The van der Waals surface area contributed by atoms with Gasteiger partial charge in [0.25, 0.3) is 0 Å². The molecule has 2 heterocycles. The minimum absolute atomic E-state index is 0.238. The highest BCUT2D eigenvalue weighted by Crippen LogP contribution is 2.25. The van der Waals surface area contributed by atoms with Gasteiger partial charge in [0.2, 0.25) is 0 Å². The van der Waals surface area contributed by atoms with Crippen LogP contribution in [0.5, 0.6) is 0 Å². The van der Waals surface area contributed by atoms with E-state index in [1.54, 1.807) is 18.3 Å². The third kappa shape index (κ3) is 3.25. The molecule has 0 spiro atoms. The van der Waals surface area contributed by atoms with Crippen LogP contribution in [0.1, 0.15) is 11.3 Å². The summed E-state index contributed by atoms with van der Waals surface area (Å²) < 4.78 is 12.9. The van der Waals surface area contributed by atoms with Crippen molar-refractivity contribution in [2.75, 3.05) is 5.32 Å². The summed E-state index contributed by atoms with van der Waals surface area (Å²) >= 11 is 1.53. The molecule has 0 aliphatic carbocycles. The molecule has 0 fully saturated rings. The zero-order valence-electron chi connectivity index (χ0n) is 11.5. The highest BCUT2D eigenvalue weighted by Gasteiger charge is 2.05. The van der Waals surface area contributed by atoms with Gasteiger partial charge in [-0.25, -0.2) is 9.37 Å². The van der Waals surface area contributed by atoms with Crippen LogP contribution in [-0.4, -0.2) is 9.97 Å². The SMILES string of the molecule is Cc1cccnc1CNc1nc(-c2ccc(F)cc2)cs1. The van der Waals surface area contributed by atoms with Gasteiger partial charge in [0.15, 0.2) is 5.13 Å². The summed E-state index contributed by atoms with van der Waals surface area (Å²) in [6, 6.07) is 10.3. The van der Waals surface area contributed by atoms with Crippen molar-refractivity contribution in [3.8, 4) is 11.3 Å². The number of thiazole rings is 1. The van der Waals surface area contributed by atoms with Crippen molar-refractivity contribution in [2.45, 2.75) is 13.5 Å². The third-order valence-electron chi connectivity index (χ3n) is 3.17. The van der Waals surface area contributed by atoms with Crippen LogP contribution in [0.4, 0.5) is 9.52 Å². The maximum absolute atomic E-state index is 12.9. The minimum Gasteiger partial charge on any atom is -0.356 e. The maximum Gasteiger partial charge on any atom is 0.183 e. The molecule has 0 unspecified atom stereocenters. The first-order valence-corrected chi connectivity index (χ1v) is 7.46. The molecule has 0 aliphatic heterocycles. The van der Waals surface area contributed by atoms with Gasteiger partial charge < -0.3 is 5.32 Å². The van der Waals surface area contributed by atoms with E-state index in [0.29, 0.717) is 6.54 Å². The molecule has 0 atom stereocenters. The zero-order valence-corrected chi connectivity index (χ0v) is 12.3. The lowest BCUT2D eigenvalue weighted by atomic mass is 10.2. The molecule has 0 saturated heterocycles. The third-order valence-corrected chi connectivity index (χ3v) is 3.97. The summed E-state index contributed by atoms with van der Waals surface area (Å²) in [5.74, 6) is -0.238. The topological polar surface area (TPSA) is 37.8 Å². The fraction of sp³-hybridized carbons (Fsp3) is 0.125. The predicted molar refractivity (Wildman–Crippen MR) is 83.8 cm³/mol. The Hall–Kier alpha value is -2.27. The Bertz CT molecular complexity index is 737. The summed E-state index contributed by atoms with van der Waals surface area (Å²) in [5.41, 5.74) is 3.92. The largest absolute Gasteiger partial charge is 0.356 e. The van der Waals surface area contributed by atoms with E-state index in [1.807, 2.05) is 24.4 Å². The van der Waals surface area contributed by atoms with E-state index in [0.717, 1.165) is 27.6 Å². The highest BCUT2D eigenvalue weighted by molar-refractivity contribution is 7.14. The Morgan fingerprint density at radius 3 is 2.76 bits per heavy atom. The van der Waals surface area contributed by atoms with Gasteiger partial charge in [-0.05, 0) is 42.8 Å². The Labute approximate surface area is 126 Å². The molecule has 2 aromatic heterocycles. The lowest BCUT2D eigenvalue weighted by molar-refractivity contribution is 0.628. The van der Waals surface area contributed by atoms with Crippen LogP contribution < -0.4 is 5.32 Å². The number of nitrogens with one attached hydrogen (secondary N) is 1. The molecule has 0 aliphatic rings. The predicted octanol–water partition coefficient (Wildman–Crippen LogP) is 4.26. The molecule has 1 N–H and O–H groups in total. The fourth-order valence-electron chi connectivity index (χ4n) is 1.97. The van der Waals surface area contributed by atoms with Crippen molar-refractivity contribution in [1.82, 2.24) is 9.97 Å². The number of anilines is 1. The standard InChI is InChI=1S/C16H14FN3S/c1-11-3-2-8-18-14(11)9-19-16-20-15(10-21-16)12-4-6-13(17)7-5-12/h2-8,10H,9H2,1H3,(H,19,20). The van der Waals surface area contributed by atoms with E-state index in [-0.39, 0.29) is 5.82 Å². The number of hydrogen-bond donors (Lipinski definition) is 1. The molecule has 0 radical (unpaired) electrons. The fourth-order valence-corrected chi connectivity index (χ4v) is 2.69. The van der Waals surface area contributed by atoms with Crippen molar-refractivity contribution < 1.29 is 4.39 Å². The van der Waals surface area contributed by atoms with Crippen LogP contribution in [0.25, 0.3) is 11.3 Å². The summed E-state index contributed by atoms with van der Waals surface area (Å²) in [5, 5.41) is 6.07. The molecule has 106 valence electrons. The first-order valence-electron chi connectivity index (χ1n) is 6.58. The number of hydrogen-bond acceptors (Lipinski definition) is 4. The Morgan fingerprint density at radius 2 is 2.00 bits per heavy atom. The van der Waals surface area contributed by atoms with E-state index in [1.165, 1.54) is 23.5 Å². The number of rotatable bonds is 4.